The minimum absolute atomic E-state index is 0.547. The van der Waals surface area contributed by atoms with Crippen molar-refractivity contribution < 1.29 is 4.74 Å². The molecule has 0 aromatic rings. The van der Waals surface area contributed by atoms with Crippen LogP contribution in [0.25, 0.3) is 0 Å². The summed E-state index contributed by atoms with van der Waals surface area (Å²) in [5, 5.41) is 0. The fraction of sp³-hybridized carbons (Fsp3) is 0.778. The number of hydrogen-bond acceptors (Lipinski definition) is 1. The minimum atomic E-state index is 0.547. The van der Waals surface area contributed by atoms with E-state index in [-0.39, 0.29) is 0 Å². The van der Waals surface area contributed by atoms with Gasteiger partial charge in [0.25, 0.3) is 0 Å². The number of ether oxygens (including phenoxy) is 1. The molecule has 2 unspecified atom stereocenters. The first-order valence-electron chi connectivity index (χ1n) is 4.18. The smallest absolute Gasteiger partial charge is 0.103 e. The average molecular weight is 138 g/mol. The summed E-state index contributed by atoms with van der Waals surface area (Å²) in [7, 11) is 0. The first-order chi connectivity index (χ1) is 4.92. The molecular weight excluding hydrogens is 124 g/mol. The summed E-state index contributed by atoms with van der Waals surface area (Å²) < 4.78 is 5.41. The Morgan fingerprint density at radius 3 is 2.50 bits per heavy atom. The van der Waals surface area contributed by atoms with Gasteiger partial charge < -0.3 is 4.74 Å². The van der Waals surface area contributed by atoms with E-state index in [9.17, 15) is 0 Å². The summed E-state index contributed by atoms with van der Waals surface area (Å²) >= 11 is 0. The van der Waals surface area contributed by atoms with Crippen molar-refractivity contribution in [2.75, 3.05) is 0 Å². The highest BCUT2D eigenvalue weighted by Crippen LogP contribution is 2.47. The Morgan fingerprint density at radius 1 is 1.30 bits per heavy atom. The van der Waals surface area contributed by atoms with Crippen molar-refractivity contribution in [3.8, 4) is 0 Å². The first kappa shape index (κ1) is 6.26. The molecule has 0 amide bonds. The minimum Gasteiger partial charge on any atom is -0.498 e. The highest BCUT2D eigenvalue weighted by Gasteiger charge is 2.44. The zero-order valence-electron chi connectivity index (χ0n) is 6.25. The molecule has 3 saturated carbocycles. The number of fused-ring (bicyclic) bond motifs is 2. The molecule has 3 rings (SSSR count). The van der Waals surface area contributed by atoms with E-state index in [1.165, 1.54) is 25.7 Å². The van der Waals surface area contributed by atoms with Gasteiger partial charge in [0.1, 0.15) is 6.10 Å². The van der Waals surface area contributed by atoms with Crippen LogP contribution in [0.4, 0.5) is 0 Å². The molecule has 0 radical (unpaired) electrons. The third-order valence-corrected chi connectivity index (χ3v) is 2.94. The normalized spacial score (nSPS) is 43.8. The molecule has 10 heavy (non-hydrogen) atoms. The third-order valence-electron chi connectivity index (χ3n) is 2.94. The molecule has 0 spiro atoms. The molecule has 3 aliphatic carbocycles. The SMILES string of the molecule is C=COC1C2CCCC1C2. The summed E-state index contributed by atoms with van der Waals surface area (Å²) in [6.45, 7) is 3.59. The first-order valence-corrected chi connectivity index (χ1v) is 4.18. The molecule has 1 nitrogen and oxygen atoms in total. The Kier molecular flexibility index (Phi) is 1.44. The predicted octanol–water partition coefficient (Wildman–Crippen LogP) is 2.34. The maximum atomic E-state index is 5.41. The van der Waals surface area contributed by atoms with Crippen molar-refractivity contribution >= 4 is 0 Å². The van der Waals surface area contributed by atoms with Crippen molar-refractivity contribution in [2.24, 2.45) is 11.8 Å². The largest absolute Gasteiger partial charge is 0.498 e. The van der Waals surface area contributed by atoms with Gasteiger partial charge in [-0.05, 0) is 31.1 Å². The van der Waals surface area contributed by atoms with Gasteiger partial charge >= 0.3 is 0 Å². The Labute approximate surface area is 62.1 Å². The Bertz CT molecular complexity index is 128. The maximum absolute atomic E-state index is 5.41. The second kappa shape index (κ2) is 2.30. The van der Waals surface area contributed by atoms with E-state index in [4.69, 9.17) is 4.74 Å². The predicted molar refractivity (Wildman–Crippen MR) is 40.5 cm³/mol. The highest BCUT2D eigenvalue weighted by atomic mass is 16.5. The van der Waals surface area contributed by atoms with Crippen LogP contribution >= 0.6 is 0 Å². The fourth-order valence-electron chi connectivity index (χ4n) is 2.39. The molecule has 3 fully saturated rings. The lowest BCUT2D eigenvalue weighted by molar-refractivity contribution is -0.0824. The molecule has 0 N–H and O–H groups in total. The Balaban J connectivity index is 1.92. The molecular formula is C9H14O. The van der Waals surface area contributed by atoms with Crippen molar-refractivity contribution in [3.05, 3.63) is 12.8 Å². The molecule has 0 aromatic carbocycles. The van der Waals surface area contributed by atoms with Gasteiger partial charge in [0, 0.05) is 0 Å². The van der Waals surface area contributed by atoms with Crippen LogP contribution in [0.1, 0.15) is 25.7 Å². The lowest BCUT2D eigenvalue weighted by Crippen LogP contribution is -2.46. The second-order valence-electron chi connectivity index (χ2n) is 3.45. The Hall–Kier alpha value is -0.460. The second-order valence-corrected chi connectivity index (χ2v) is 3.45. The van der Waals surface area contributed by atoms with E-state index in [1.807, 2.05) is 0 Å². The highest BCUT2D eigenvalue weighted by molar-refractivity contribution is 4.95. The summed E-state index contributed by atoms with van der Waals surface area (Å²) in [5.74, 6) is 1.74. The molecule has 2 atom stereocenters. The Morgan fingerprint density at radius 2 is 2.00 bits per heavy atom. The van der Waals surface area contributed by atoms with Gasteiger partial charge in [-0.1, -0.05) is 13.0 Å². The van der Waals surface area contributed by atoms with Crippen LogP contribution in [0, 0.1) is 11.8 Å². The van der Waals surface area contributed by atoms with E-state index in [1.54, 1.807) is 6.26 Å². The molecule has 0 saturated heterocycles. The molecule has 0 aliphatic heterocycles. The van der Waals surface area contributed by atoms with Gasteiger partial charge in [-0.15, -0.1) is 0 Å². The van der Waals surface area contributed by atoms with Crippen LogP contribution in [-0.2, 0) is 4.74 Å². The van der Waals surface area contributed by atoms with E-state index in [2.05, 4.69) is 6.58 Å². The summed E-state index contributed by atoms with van der Waals surface area (Å²) in [5.41, 5.74) is 0. The maximum Gasteiger partial charge on any atom is 0.103 e. The van der Waals surface area contributed by atoms with Gasteiger partial charge in [-0.25, -0.2) is 0 Å². The zero-order chi connectivity index (χ0) is 6.97. The van der Waals surface area contributed by atoms with Gasteiger partial charge in [0.05, 0.1) is 6.26 Å². The topological polar surface area (TPSA) is 9.23 Å². The molecule has 3 aliphatic rings. The molecule has 0 heterocycles. The van der Waals surface area contributed by atoms with E-state index in [0.717, 1.165) is 11.8 Å². The van der Waals surface area contributed by atoms with Crippen LogP contribution in [0.2, 0.25) is 0 Å². The fourth-order valence-corrected chi connectivity index (χ4v) is 2.39. The van der Waals surface area contributed by atoms with Crippen molar-refractivity contribution in [1.82, 2.24) is 0 Å². The number of rotatable bonds is 2. The van der Waals surface area contributed by atoms with Crippen LogP contribution in [0.3, 0.4) is 0 Å². The monoisotopic (exact) mass is 138 g/mol. The van der Waals surface area contributed by atoms with Gasteiger partial charge in [0.15, 0.2) is 0 Å². The zero-order valence-corrected chi connectivity index (χ0v) is 6.25. The summed E-state index contributed by atoms with van der Waals surface area (Å²) in [6, 6.07) is 0. The van der Waals surface area contributed by atoms with Crippen molar-refractivity contribution in [1.29, 1.82) is 0 Å². The van der Waals surface area contributed by atoms with Crippen molar-refractivity contribution in [2.45, 2.75) is 31.8 Å². The van der Waals surface area contributed by atoms with Gasteiger partial charge in [-0.3, -0.25) is 0 Å². The van der Waals surface area contributed by atoms with Crippen LogP contribution in [-0.4, -0.2) is 6.10 Å². The molecule has 2 bridgehead atoms. The van der Waals surface area contributed by atoms with Gasteiger partial charge in [0.2, 0.25) is 0 Å². The van der Waals surface area contributed by atoms with E-state index >= 15 is 0 Å². The quantitative estimate of drug-likeness (QED) is 0.532. The summed E-state index contributed by atoms with van der Waals surface area (Å²) in [6.07, 6.45) is 7.76. The van der Waals surface area contributed by atoms with Crippen LogP contribution in [0.15, 0.2) is 12.8 Å². The molecule has 0 aromatic heterocycles. The van der Waals surface area contributed by atoms with E-state index < -0.39 is 0 Å². The third kappa shape index (κ3) is 0.764. The van der Waals surface area contributed by atoms with Crippen LogP contribution < -0.4 is 0 Å². The summed E-state index contributed by atoms with van der Waals surface area (Å²) in [4.78, 5) is 0. The van der Waals surface area contributed by atoms with Gasteiger partial charge in [-0.2, -0.15) is 0 Å². The molecule has 56 valence electrons. The van der Waals surface area contributed by atoms with E-state index in [0.29, 0.717) is 6.10 Å². The lowest BCUT2D eigenvalue weighted by atomic mass is 9.63. The van der Waals surface area contributed by atoms with Crippen molar-refractivity contribution in [3.63, 3.8) is 0 Å². The standard InChI is InChI=1S/C9H14O/c1-2-10-9-7-4-3-5-8(9)6-7/h2,7-9H,1,3-6H2. The lowest BCUT2D eigenvalue weighted by Gasteiger charge is -2.48. The number of hydrogen-bond donors (Lipinski definition) is 0. The van der Waals surface area contributed by atoms with Crippen LogP contribution in [0.5, 0.6) is 0 Å². The average Bonchev–Trinajstić information content (AvgIpc) is 2.01. The molecule has 1 heteroatoms.